The maximum Gasteiger partial charge on any atom is 0.133 e. The Balaban J connectivity index is 2.26. The monoisotopic (exact) mass is 246 g/mol. The van der Waals surface area contributed by atoms with E-state index in [0.29, 0.717) is 0 Å². The molecule has 0 aromatic carbocycles. The fourth-order valence-corrected chi connectivity index (χ4v) is 2.26. The minimum atomic E-state index is -0.00130. The van der Waals surface area contributed by atoms with Crippen molar-refractivity contribution in [2.75, 3.05) is 0 Å². The third-order valence-corrected chi connectivity index (χ3v) is 3.55. The number of allylic oxidation sites excluding steroid dienone is 4. The summed E-state index contributed by atoms with van der Waals surface area (Å²) in [6.45, 7) is 8.69. The molecule has 1 heterocycles. The molecule has 0 unspecified atom stereocenters. The number of H-pyrrole nitrogens is 1. The molecule has 0 spiro atoms. The van der Waals surface area contributed by atoms with Crippen LogP contribution in [0.4, 0.5) is 0 Å². The first-order valence-corrected chi connectivity index (χ1v) is 6.48. The van der Waals surface area contributed by atoms with Gasteiger partial charge in [-0.05, 0) is 30.8 Å². The predicted octanol–water partition coefficient (Wildman–Crippen LogP) is 3.36. The highest BCUT2D eigenvalue weighted by Crippen LogP contribution is 2.35. The molecule has 2 N–H and O–H groups in total. The van der Waals surface area contributed by atoms with Crippen molar-refractivity contribution in [3.63, 3.8) is 0 Å². The second-order valence-electron chi connectivity index (χ2n) is 5.95. The van der Waals surface area contributed by atoms with Crippen molar-refractivity contribution in [3.8, 4) is 0 Å². The van der Waals surface area contributed by atoms with E-state index in [1.165, 1.54) is 11.1 Å². The summed E-state index contributed by atoms with van der Waals surface area (Å²) in [7, 11) is 0. The van der Waals surface area contributed by atoms with E-state index >= 15 is 0 Å². The van der Waals surface area contributed by atoms with Crippen molar-refractivity contribution in [2.24, 2.45) is 5.41 Å². The molecule has 0 radical (unpaired) electrons. The number of hydrogen-bond donors (Lipinski definition) is 2. The number of imidazole rings is 1. The highest BCUT2D eigenvalue weighted by molar-refractivity contribution is 5.64. The van der Waals surface area contributed by atoms with Gasteiger partial charge in [0, 0.05) is 5.69 Å². The van der Waals surface area contributed by atoms with Crippen LogP contribution in [0.25, 0.3) is 5.57 Å². The molecule has 0 fully saturated rings. The Hall–Kier alpha value is -1.35. The second kappa shape index (κ2) is 4.73. The van der Waals surface area contributed by atoms with Crippen LogP contribution in [0.3, 0.4) is 0 Å². The molecule has 1 aliphatic carbocycles. The van der Waals surface area contributed by atoms with Crippen LogP contribution in [0.1, 0.15) is 50.8 Å². The molecular formula is C15H22N2O. The lowest BCUT2D eigenvalue weighted by Crippen LogP contribution is -2.11. The van der Waals surface area contributed by atoms with Crippen molar-refractivity contribution in [2.45, 2.75) is 47.1 Å². The molecule has 1 aromatic heterocycles. The fourth-order valence-electron chi connectivity index (χ4n) is 2.26. The van der Waals surface area contributed by atoms with Crippen LogP contribution in [-0.2, 0) is 6.61 Å². The smallest absolute Gasteiger partial charge is 0.133 e. The number of nitrogens with zero attached hydrogens (tertiary/aromatic N) is 1. The van der Waals surface area contributed by atoms with Gasteiger partial charge in [0.05, 0.1) is 12.3 Å². The highest BCUT2D eigenvalue weighted by Gasteiger charge is 2.20. The zero-order valence-corrected chi connectivity index (χ0v) is 11.7. The van der Waals surface area contributed by atoms with Gasteiger partial charge in [0.25, 0.3) is 0 Å². The van der Waals surface area contributed by atoms with Crippen LogP contribution in [-0.4, -0.2) is 15.1 Å². The molecule has 0 saturated carbocycles. The molecule has 3 heteroatoms. The van der Waals surface area contributed by atoms with E-state index in [0.717, 1.165) is 30.1 Å². The zero-order valence-electron chi connectivity index (χ0n) is 11.7. The Kier molecular flexibility index (Phi) is 3.44. The summed E-state index contributed by atoms with van der Waals surface area (Å²) < 4.78 is 0. The summed E-state index contributed by atoms with van der Waals surface area (Å²) in [6, 6.07) is 0. The SMILES string of the molecule is Cc1[nH]c(C2=CC=C(C(C)(C)C)CC2)nc1CO. The van der Waals surface area contributed by atoms with Crippen molar-refractivity contribution < 1.29 is 5.11 Å². The summed E-state index contributed by atoms with van der Waals surface area (Å²) in [5.41, 5.74) is 4.66. The highest BCUT2D eigenvalue weighted by atomic mass is 16.3. The van der Waals surface area contributed by atoms with E-state index in [9.17, 15) is 0 Å². The molecular weight excluding hydrogens is 224 g/mol. The minimum Gasteiger partial charge on any atom is -0.390 e. The Morgan fingerprint density at radius 2 is 2.00 bits per heavy atom. The fraction of sp³-hybridized carbons (Fsp3) is 0.533. The van der Waals surface area contributed by atoms with E-state index in [2.05, 4.69) is 42.9 Å². The van der Waals surface area contributed by atoms with Crippen molar-refractivity contribution >= 4 is 5.57 Å². The van der Waals surface area contributed by atoms with Crippen molar-refractivity contribution in [1.82, 2.24) is 9.97 Å². The Morgan fingerprint density at radius 1 is 1.28 bits per heavy atom. The van der Waals surface area contributed by atoms with Gasteiger partial charge in [-0.1, -0.05) is 38.5 Å². The van der Waals surface area contributed by atoms with Gasteiger partial charge in [-0.15, -0.1) is 0 Å². The summed E-state index contributed by atoms with van der Waals surface area (Å²) in [5, 5.41) is 9.16. The number of aromatic amines is 1. The van der Waals surface area contributed by atoms with E-state index in [4.69, 9.17) is 5.11 Å². The average Bonchev–Trinajstić information content (AvgIpc) is 2.69. The summed E-state index contributed by atoms with van der Waals surface area (Å²) in [4.78, 5) is 7.69. The van der Waals surface area contributed by atoms with Gasteiger partial charge in [-0.2, -0.15) is 0 Å². The van der Waals surface area contributed by atoms with Crippen molar-refractivity contribution in [3.05, 3.63) is 34.9 Å². The number of hydrogen-bond acceptors (Lipinski definition) is 2. The van der Waals surface area contributed by atoms with Crippen LogP contribution in [0.2, 0.25) is 0 Å². The van der Waals surface area contributed by atoms with Gasteiger partial charge in [0.1, 0.15) is 5.82 Å². The maximum atomic E-state index is 9.16. The summed E-state index contributed by atoms with van der Waals surface area (Å²) in [5.74, 6) is 0.903. The third kappa shape index (κ3) is 2.56. The standard InChI is InChI=1S/C15H22N2O/c1-10-13(9-18)17-14(16-10)11-5-7-12(8-6-11)15(2,3)4/h5,7,18H,6,8-9H2,1-4H3,(H,16,17). The molecule has 0 saturated heterocycles. The normalized spacial score (nSPS) is 16.5. The van der Waals surface area contributed by atoms with Gasteiger partial charge in [-0.25, -0.2) is 4.98 Å². The maximum absolute atomic E-state index is 9.16. The van der Waals surface area contributed by atoms with E-state index in [1.54, 1.807) is 0 Å². The van der Waals surface area contributed by atoms with Crippen molar-refractivity contribution in [1.29, 1.82) is 0 Å². The molecule has 0 atom stereocenters. The van der Waals surface area contributed by atoms with Crippen LogP contribution >= 0.6 is 0 Å². The largest absolute Gasteiger partial charge is 0.390 e. The molecule has 18 heavy (non-hydrogen) atoms. The number of aryl methyl sites for hydroxylation is 1. The molecule has 1 aromatic rings. The first-order valence-electron chi connectivity index (χ1n) is 6.48. The topological polar surface area (TPSA) is 48.9 Å². The molecule has 3 nitrogen and oxygen atoms in total. The van der Waals surface area contributed by atoms with Crippen LogP contribution in [0.5, 0.6) is 0 Å². The minimum absolute atomic E-state index is 0.00130. The number of aliphatic hydroxyl groups is 1. The number of nitrogens with one attached hydrogen (secondary N) is 1. The van der Waals surface area contributed by atoms with Gasteiger partial charge >= 0.3 is 0 Å². The van der Waals surface area contributed by atoms with Crippen LogP contribution in [0.15, 0.2) is 17.7 Å². The number of aromatic nitrogens is 2. The Morgan fingerprint density at radius 3 is 2.44 bits per heavy atom. The molecule has 1 aliphatic rings. The molecule has 2 rings (SSSR count). The van der Waals surface area contributed by atoms with Crippen LogP contribution in [0, 0.1) is 12.3 Å². The first-order chi connectivity index (χ1) is 8.41. The summed E-state index contributed by atoms with van der Waals surface area (Å²) >= 11 is 0. The van der Waals surface area contributed by atoms with Gasteiger partial charge in [0.15, 0.2) is 0 Å². The molecule has 98 valence electrons. The molecule has 0 amide bonds. The lowest BCUT2D eigenvalue weighted by Gasteiger charge is -2.25. The summed E-state index contributed by atoms with van der Waals surface area (Å²) in [6.07, 6.45) is 6.48. The molecule has 0 aliphatic heterocycles. The van der Waals surface area contributed by atoms with E-state index in [-0.39, 0.29) is 12.0 Å². The van der Waals surface area contributed by atoms with Gasteiger partial charge in [-0.3, -0.25) is 0 Å². The lowest BCUT2D eigenvalue weighted by atomic mass is 9.80. The molecule has 0 bridgehead atoms. The second-order valence-corrected chi connectivity index (χ2v) is 5.95. The lowest BCUT2D eigenvalue weighted by molar-refractivity contribution is 0.276. The Labute approximate surface area is 109 Å². The first kappa shape index (κ1) is 13.1. The average molecular weight is 246 g/mol. The van der Waals surface area contributed by atoms with Crippen LogP contribution < -0.4 is 0 Å². The van der Waals surface area contributed by atoms with E-state index in [1.807, 2.05) is 6.92 Å². The van der Waals surface area contributed by atoms with E-state index < -0.39 is 0 Å². The Bertz CT molecular complexity index is 501. The predicted molar refractivity (Wildman–Crippen MR) is 74.0 cm³/mol. The van der Waals surface area contributed by atoms with Gasteiger partial charge in [0.2, 0.25) is 0 Å². The number of aliphatic hydroxyl groups excluding tert-OH is 1. The third-order valence-electron chi connectivity index (χ3n) is 3.55. The number of rotatable bonds is 2. The zero-order chi connectivity index (χ0) is 13.3. The van der Waals surface area contributed by atoms with Gasteiger partial charge < -0.3 is 10.1 Å². The quantitative estimate of drug-likeness (QED) is 0.840.